The highest BCUT2D eigenvalue weighted by Crippen LogP contribution is 2.25. The van der Waals surface area contributed by atoms with Gasteiger partial charge in [0.05, 0.1) is 20.8 Å². The standard InChI is InChI=1S/C20H25FN4O3/c1-22-20(23-12-19(26)24-16-8-6-15(21)7-9-16)25(2)13-14-5-10-17(27-3)11-18(14)28-4/h5-11H,12-13H2,1-4H3,(H,22,23)(H,24,26). The Morgan fingerprint density at radius 1 is 1.14 bits per heavy atom. The quantitative estimate of drug-likeness (QED) is 0.563. The molecule has 0 saturated heterocycles. The third kappa shape index (κ3) is 5.87. The van der Waals surface area contributed by atoms with Gasteiger partial charge in [-0.1, -0.05) is 0 Å². The van der Waals surface area contributed by atoms with Crippen molar-refractivity contribution in [3.05, 3.63) is 53.8 Å². The second-order valence-corrected chi connectivity index (χ2v) is 5.99. The lowest BCUT2D eigenvalue weighted by Gasteiger charge is -2.23. The molecule has 0 saturated carbocycles. The van der Waals surface area contributed by atoms with Gasteiger partial charge in [0.2, 0.25) is 5.91 Å². The van der Waals surface area contributed by atoms with E-state index >= 15 is 0 Å². The normalized spacial score (nSPS) is 11.0. The number of anilines is 1. The number of carbonyl (C=O) groups is 1. The van der Waals surface area contributed by atoms with Crippen LogP contribution in [0.2, 0.25) is 0 Å². The third-order valence-corrected chi connectivity index (χ3v) is 4.01. The summed E-state index contributed by atoms with van der Waals surface area (Å²) in [6, 6.07) is 11.2. The maximum absolute atomic E-state index is 12.9. The van der Waals surface area contributed by atoms with Crippen LogP contribution in [0.3, 0.4) is 0 Å². The minimum absolute atomic E-state index is 0.0220. The van der Waals surface area contributed by atoms with E-state index in [0.29, 0.717) is 29.7 Å². The number of halogens is 1. The van der Waals surface area contributed by atoms with Gasteiger partial charge in [-0.15, -0.1) is 0 Å². The van der Waals surface area contributed by atoms with Gasteiger partial charge in [-0.25, -0.2) is 4.39 Å². The molecule has 2 aromatic rings. The predicted molar refractivity (Wildman–Crippen MR) is 107 cm³/mol. The molecule has 2 rings (SSSR count). The Bertz CT molecular complexity index is 825. The highest BCUT2D eigenvalue weighted by atomic mass is 19.1. The van der Waals surface area contributed by atoms with Crippen LogP contribution in [0.5, 0.6) is 11.5 Å². The molecule has 1 amide bonds. The van der Waals surface area contributed by atoms with Gasteiger partial charge in [-0.2, -0.15) is 0 Å². The molecule has 0 atom stereocenters. The Morgan fingerprint density at radius 3 is 2.46 bits per heavy atom. The van der Waals surface area contributed by atoms with Crippen LogP contribution in [0.4, 0.5) is 10.1 Å². The number of ether oxygens (including phenoxy) is 2. The fourth-order valence-corrected chi connectivity index (χ4v) is 2.60. The Balaban J connectivity index is 1.93. The lowest BCUT2D eigenvalue weighted by molar-refractivity contribution is -0.115. The number of aliphatic imine (C=N–C) groups is 1. The summed E-state index contributed by atoms with van der Waals surface area (Å²) in [5.41, 5.74) is 1.48. The average Bonchev–Trinajstić information content (AvgIpc) is 2.70. The average molecular weight is 388 g/mol. The van der Waals surface area contributed by atoms with Crippen molar-refractivity contribution in [3.8, 4) is 11.5 Å². The van der Waals surface area contributed by atoms with Gasteiger partial charge in [0.25, 0.3) is 0 Å². The van der Waals surface area contributed by atoms with E-state index in [1.54, 1.807) is 21.3 Å². The van der Waals surface area contributed by atoms with E-state index in [1.165, 1.54) is 24.3 Å². The zero-order valence-electron chi connectivity index (χ0n) is 16.5. The van der Waals surface area contributed by atoms with Crippen LogP contribution in [0.15, 0.2) is 47.5 Å². The Kier molecular flexibility index (Phi) is 7.62. The largest absolute Gasteiger partial charge is 0.497 e. The van der Waals surface area contributed by atoms with Crippen LogP contribution < -0.4 is 20.1 Å². The van der Waals surface area contributed by atoms with Crippen molar-refractivity contribution in [2.24, 2.45) is 4.99 Å². The van der Waals surface area contributed by atoms with Crippen molar-refractivity contribution in [2.45, 2.75) is 6.54 Å². The van der Waals surface area contributed by atoms with Gasteiger partial charge in [-0.3, -0.25) is 9.79 Å². The molecule has 7 nitrogen and oxygen atoms in total. The van der Waals surface area contributed by atoms with Crippen molar-refractivity contribution in [1.82, 2.24) is 10.2 Å². The molecule has 28 heavy (non-hydrogen) atoms. The van der Waals surface area contributed by atoms with Gasteiger partial charge in [0.15, 0.2) is 5.96 Å². The summed E-state index contributed by atoms with van der Waals surface area (Å²) in [4.78, 5) is 18.2. The van der Waals surface area contributed by atoms with E-state index in [4.69, 9.17) is 9.47 Å². The molecule has 2 N–H and O–H groups in total. The van der Waals surface area contributed by atoms with E-state index in [1.807, 2.05) is 30.1 Å². The molecule has 0 bridgehead atoms. The minimum Gasteiger partial charge on any atom is -0.497 e. The molecule has 2 aromatic carbocycles. The number of rotatable bonds is 7. The SMILES string of the molecule is CN=C(NCC(=O)Nc1ccc(F)cc1)N(C)Cc1ccc(OC)cc1OC. The number of hydrogen-bond donors (Lipinski definition) is 2. The summed E-state index contributed by atoms with van der Waals surface area (Å²) < 4.78 is 23.6. The number of amides is 1. The molecule has 8 heteroatoms. The summed E-state index contributed by atoms with van der Waals surface area (Å²) in [6.45, 7) is 0.542. The maximum Gasteiger partial charge on any atom is 0.243 e. The molecule has 0 aromatic heterocycles. The zero-order valence-corrected chi connectivity index (χ0v) is 16.5. The van der Waals surface area contributed by atoms with Crippen molar-refractivity contribution < 1.29 is 18.7 Å². The first-order valence-corrected chi connectivity index (χ1v) is 8.65. The lowest BCUT2D eigenvalue weighted by Crippen LogP contribution is -2.42. The topological polar surface area (TPSA) is 75.2 Å². The monoisotopic (exact) mass is 388 g/mol. The molecular weight excluding hydrogens is 363 g/mol. The summed E-state index contributed by atoms with van der Waals surface area (Å²) >= 11 is 0. The lowest BCUT2D eigenvalue weighted by atomic mass is 10.2. The van der Waals surface area contributed by atoms with Crippen LogP contribution in [-0.4, -0.2) is 51.6 Å². The van der Waals surface area contributed by atoms with Crippen molar-refractivity contribution in [1.29, 1.82) is 0 Å². The van der Waals surface area contributed by atoms with Crippen LogP contribution in [0, 0.1) is 5.82 Å². The van der Waals surface area contributed by atoms with E-state index in [9.17, 15) is 9.18 Å². The highest BCUT2D eigenvalue weighted by molar-refractivity contribution is 5.94. The highest BCUT2D eigenvalue weighted by Gasteiger charge is 2.12. The van der Waals surface area contributed by atoms with Crippen LogP contribution in [0.1, 0.15) is 5.56 Å². The maximum atomic E-state index is 12.9. The fourth-order valence-electron chi connectivity index (χ4n) is 2.60. The van der Waals surface area contributed by atoms with Crippen molar-refractivity contribution in [3.63, 3.8) is 0 Å². The number of hydrogen-bond acceptors (Lipinski definition) is 4. The van der Waals surface area contributed by atoms with E-state index in [2.05, 4.69) is 15.6 Å². The smallest absolute Gasteiger partial charge is 0.243 e. The number of carbonyl (C=O) groups excluding carboxylic acids is 1. The number of nitrogens with zero attached hydrogens (tertiary/aromatic N) is 2. The van der Waals surface area contributed by atoms with E-state index < -0.39 is 0 Å². The molecule has 0 aliphatic rings. The van der Waals surface area contributed by atoms with Crippen LogP contribution in [0.25, 0.3) is 0 Å². The van der Waals surface area contributed by atoms with Gasteiger partial charge >= 0.3 is 0 Å². The molecule has 0 fully saturated rings. The summed E-state index contributed by atoms with van der Waals surface area (Å²) in [6.07, 6.45) is 0. The number of benzene rings is 2. The Hall–Kier alpha value is -3.29. The molecule has 0 unspecified atom stereocenters. The first-order valence-electron chi connectivity index (χ1n) is 8.65. The van der Waals surface area contributed by atoms with Gasteiger partial charge in [0.1, 0.15) is 17.3 Å². The minimum atomic E-state index is -0.355. The summed E-state index contributed by atoms with van der Waals surface area (Å²) in [5, 5.41) is 5.70. The van der Waals surface area contributed by atoms with E-state index in [-0.39, 0.29) is 18.3 Å². The number of guanidine groups is 1. The molecule has 0 spiro atoms. The molecule has 0 aliphatic carbocycles. The third-order valence-electron chi connectivity index (χ3n) is 4.01. The molecular formula is C20H25FN4O3. The number of methoxy groups -OCH3 is 2. The van der Waals surface area contributed by atoms with Crippen molar-refractivity contribution >= 4 is 17.6 Å². The first-order chi connectivity index (χ1) is 13.5. The molecule has 150 valence electrons. The molecule has 0 radical (unpaired) electrons. The van der Waals surface area contributed by atoms with Crippen molar-refractivity contribution in [2.75, 3.05) is 40.2 Å². The molecule has 0 heterocycles. The Morgan fingerprint density at radius 2 is 1.86 bits per heavy atom. The van der Waals surface area contributed by atoms with Crippen LogP contribution >= 0.6 is 0 Å². The summed E-state index contributed by atoms with van der Waals surface area (Å²) in [5.74, 6) is 1.35. The number of nitrogens with one attached hydrogen (secondary N) is 2. The fraction of sp³-hybridized carbons (Fsp3) is 0.300. The molecule has 0 aliphatic heterocycles. The van der Waals surface area contributed by atoms with Crippen LogP contribution in [-0.2, 0) is 11.3 Å². The predicted octanol–water partition coefficient (Wildman–Crippen LogP) is 2.49. The van der Waals surface area contributed by atoms with Gasteiger partial charge in [-0.05, 0) is 36.4 Å². The first kappa shape index (κ1) is 21.0. The second-order valence-electron chi connectivity index (χ2n) is 5.99. The van der Waals surface area contributed by atoms with Gasteiger partial charge in [0, 0.05) is 38.0 Å². The van der Waals surface area contributed by atoms with E-state index in [0.717, 1.165) is 5.56 Å². The summed E-state index contributed by atoms with van der Waals surface area (Å²) in [7, 11) is 6.70. The van der Waals surface area contributed by atoms with Gasteiger partial charge < -0.3 is 25.0 Å². The zero-order chi connectivity index (χ0) is 20.5. The second kappa shape index (κ2) is 10.1. The Labute approximate surface area is 164 Å².